The van der Waals surface area contributed by atoms with Crippen LogP contribution in [0.2, 0.25) is 0 Å². The van der Waals surface area contributed by atoms with Crippen molar-refractivity contribution in [3.63, 3.8) is 0 Å². The highest BCUT2D eigenvalue weighted by atomic mass is 16.2. The first-order valence-corrected chi connectivity index (χ1v) is 6.56. The highest BCUT2D eigenvalue weighted by Crippen LogP contribution is 2.18. The van der Waals surface area contributed by atoms with Crippen molar-refractivity contribution in [2.75, 3.05) is 26.7 Å². The van der Waals surface area contributed by atoms with Crippen LogP contribution in [0.3, 0.4) is 0 Å². The summed E-state index contributed by atoms with van der Waals surface area (Å²) in [5.74, 6) is 0.692. The molecule has 0 aliphatic carbocycles. The minimum Gasteiger partial charge on any atom is -0.338 e. The van der Waals surface area contributed by atoms with Gasteiger partial charge in [-0.1, -0.05) is 0 Å². The van der Waals surface area contributed by atoms with Gasteiger partial charge in [-0.05, 0) is 50.9 Å². The van der Waals surface area contributed by atoms with E-state index in [9.17, 15) is 4.79 Å². The molecule has 18 heavy (non-hydrogen) atoms. The van der Waals surface area contributed by atoms with Crippen LogP contribution in [0.25, 0.3) is 0 Å². The monoisotopic (exact) mass is 247 g/mol. The third-order valence-corrected chi connectivity index (χ3v) is 3.42. The van der Waals surface area contributed by atoms with E-state index in [2.05, 4.69) is 10.3 Å². The molecule has 4 heteroatoms. The van der Waals surface area contributed by atoms with Gasteiger partial charge in [-0.2, -0.15) is 0 Å². The second-order valence-electron chi connectivity index (χ2n) is 5.07. The Morgan fingerprint density at radius 1 is 1.56 bits per heavy atom. The zero-order chi connectivity index (χ0) is 13.0. The fourth-order valence-corrected chi connectivity index (χ4v) is 2.56. The van der Waals surface area contributed by atoms with Gasteiger partial charge < -0.3 is 10.2 Å². The van der Waals surface area contributed by atoms with Gasteiger partial charge in [0.15, 0.2) is 0 Å². The van der Waals surface area contributed by atoms with E-state index in [4.69, 9.17) is 0 Å². The first-order valence-electron chi connectivity index (χ1n) is 6.56. The van der Waals surface area contributed by atoms with Gasteiger partial charge in [0.05, 0.1) is 5.56 Å². The minimum atomic E-state index is 0.118. The number of aryl methyl sites for hydroxylation is 1. The maximum absolute atomic E-state index is 12.4. The minimum absolute atomic E-state index is 0.118. The van der Waals surface area contributed by atoms with Crippen molar-refractivity contribution in [1.29, 1.82) is 0 Å². The molecule has 1 aliphatic rings. The average molecular weight is 247 g/mol. The van der Waals surface area contributed by atoms with E-state index < -0.39 is 0 Å². The Morgan fingerprint density at radius 2 is 2.39 bits per heavy atom. The van der Waals surface area contributed by atoms with Crippen molar-refractivity contribution in [2.24, 2.45) is 5.92 Å². The first kappa shape index (κ1) is 13.0. The van der Waals surface area contributed by atoms with E-state index in [0.717, 1.165) is 31.6 Å². The van der Waals surface area contributed by atoms with Crippen LogP contribution in [0.15, 0.2) is 18.5 Å². The number of hydrogen-bond donors (Lipinski definition) is 1. The molecule has 0 aromatic carbocycles. The lowest BCUT2D eigenvalue weighted by atomic mass is 9.97. The average Bonchev–Trinajstić information content (AvgIpc) is 2.39. The molecule has 1 aliphatic heterocycles. The zero-order valence-corrected chi connectivity index (χ0v) is 11.1. The first-order chi connectivity index (χ1) is 8.70. The smallest absolute Gasteiger partial charge is 0.255 e. The predicted octanol–water partition coefficient (Wildman–Crippen LogP) is 1.46. The molecule has 98 valence electrons. The number of rotatable bonds is 3. The Hall–Kier alpha value is -1.42. The van der Waals surface area contributed by atoms with Gasteiger partial charge in [-0.3, -0.25) is 9.78 Å². The summed E-state index contributed by atoms with van der Waals surface area (Å²) in [6.07, 6.45) is 5.74. The summed E-state index contributed by atoms with van der Waals surface area (Å²) < 4.78 is 0. The highest BCUT2D eigenvalue weighted by Gasteiger charge is 2.24. The SMILES string of the molecule is CNC[C@@H]1CCCN(C(=O)c2cncc(C)c2)C1. The summed E-state index contributed by atoms with van der Waals surface area (Å²) in [6, 6.07) is 1.91. The van der Waals surface area contributed by atoms with Crippen LogP contribution in [-0.4, -0.2) is 42.5 Å². The van der Waals surface area contributed by atoms with Gasteiger partial charge in [-0.25, -0.2) is 0 Å². The van der Waals surface area contributed by atoms with Crippen molar-refractivity contribution >= 4 is 5.91 Å². The van der Waals surface area contributed by atoms with Crippen molar-refractivity contribution in [1.82, 2.24) is 15.2 Å². The molecule has 0 unspecified atom stereocenters. The molecule has 4 nitrogen and oxygen atoms in total. The third-order valence-electron chi connectivity index (χ3n) is 3.42. The Labute approximate surface area is 108 Å². The number of hydrogen-bond acceptors (Lipinski definition) is 3. The lowest BCUT2D eigenvalue weighted by Gasteiger charge is -2.32. The molecule has 0 saturated carbocycles. The van der Waals surface area contributed by atoms with Crippen molar-refractivity contribution in [3.05, 3.63) is 29.6 Å². The van der Waals surface area contributed by atoms with Crippen LogP contribution >= 0.6 is 0 Å². The fourth-order valence-electron chi connectivity index (χ4n) is 2.56. The largest absolute Gasteiger partial charge is 0.338 e. The normalized spacial score (nSPS) is 19.9. The number of aromatic nitrogens is 1. The molecule has 0 radical (unpaired) electrons. The topological polar surface area (TPSA) is 45.2 Å². The van der Waals surface area contributed by atoms with Crippen molar-refractivity contribution in [2.45, 2.75) is 19.8 Å². The molecule has 1 fully saturated rings. The second kappa shape index (κ2) is 5.96. The van der Waals surface area contributed by atoms with E-state index in [-0.39, 0.29) is 5.91 Å². The lowest BCUT2D eigenvalue weighted by Crippen LogP contribution is -2.42. The molecular formula is C14H21N3O. The highest BCUT2D eigenvalue weighted by molar-refractivity contribution is 5.94. The number of likely N-dealkylation sites (tertiary alicyclic amines) is 1. The summed E-state index contributed by atoms with van der Waals surface area (Å²) in [5.41, 5.74) is 1.74. The van der Waals surface area contributed by atoms with Gasteiger partial charge in [0, 0.05) is 25.5 Å². The fraction of sp³-hybridized carbons (Fsp3) is 0.571. The third kappa shape index (κ3) is 3.07. The molecule has 0 spiro atoms. The number of nitrogens with zero attached hydrogens (tertiary/aromatic N) is 2. The molecule has 1 aromatic heterocycles. The Bertz CT molecular complexity index is 417. The van der Waals surface area contributed by atoms with Gasteiger partial charge in [0.1, 0.15) is 0 Å². The Morgan fingerprint density at radius 3 is 3.11 bits per heavy atom. The summed E-state index contributed by atoms with van der Waals surface area (Å²) in [6.45, 7) is 4.67. The van der Waals surface area contributed by atoms with E-state index in [0.29, 0.717) is 11.5 Å². The lowest BCUT2D eigenvalue weighted by molar-refractivity contribution is 0.0673. The van der Waals surface area contributed by atoms with Crippen LogP contribution in [0.5, 0.6) is 0 Å². The van der Waals surface area contributed by atoms with Gasteiger partial charge in [0.2, 0.25) is 0 Å². The standard InChI is InChI=1S/C14H21N3O/c1-11-6-13(9-16-7-11)14(18)17-5-3-4-12(10-17)8-15-2/h6-7,9,12,15H,3-5,8,10H2,1-2H3/t12-/m0/s1. The van der Waals surface area contributed by atoms with Crippen molar-refractivity contribution in [3.8, 4) is 0 Å². The van der Waals surface area contributed by atoms with Gasteiger partial charge >= 0.3 is 0 Å². The molecule has 2 heterocycles. The van der Waals surface area contributed by atoms with Gasteiger partial charge in [0.25, 0.3) is 5.91 Å². The Kier molecular flexibility index (Phi) is 4.31. The van der Waals surface area contributed by atoms with Crippen LogP contribution in [0.4, 0.5) is 0 Å². The molecule has 1 amide bonds. The number of carbonyl (C=O) groups excluding carboxylic acids is 1. The zero-order valence-electron chi connectivity index (χ0n) is 11.1. The number of amides is 1. The molecule has 1 aromatic rings. The van der Waals surface area contributed by atoms with Crippen LogP contribution < -0.4 is 5.32 Å². The molecule has 0 bridgehead atoms. The molecular weight excluding hydrogens is 226 g/mol. The quantitative estimate of drug-likeness (QED) is 0.879. The Balaban J connectivity index is 2.04. The predicted molar refractivity (Wildman–Crippen MR) is 71.5 cm³/mol. The molecule has 1 atom stereocenters. The summed E-state index contributed by atoms with van der Waals surface area (Å²) in [4.78, 5) is 18.4. The van der Waals surface area contributed by atoms with Crippen LogP contribution in [-0.2, 0) is 0 Å². The van der Waals surface area contributed by atoms with E-state index >= 15 is 0 Å². The van der Waals surface area contributed by atoms with E-state index in [1.54, 1.807) is 12.4 Å². The maximum atomic E-state index is 12.4. The summed E-state index contributed by atoms with van der Waals surface area (Å²) in [5, 5.41) is 3.20. The van der Waals surface area contributed by atoms with Crippen LogP contribution in [0, 0.1) is 12.8 Å². The summed E-state index contributed by atoms with van der Waals surface area (Å²) >= 11 is 0. The van der Waals surface area contributed by atoms with E-state index in [1.165, 1.54) is 6.42 Å². The number of carbonyl (C=O) groups is 1. The second-order valence-corrected chi connectivity index (χ2v) is 5.07. The molecule has 1 saturated heterocycles. The molecule has 2 rings (SSSR count). The van der Waals surface area contributed by atoms with Crippen LogP contribution in [0.1, 0.15) is 28.8 Å². The van der Waals surface area contributed by atoms with Crippen molar-refractivity contribution < 1.29 is 4.79 Å². The number of pyridine rings is 1. The molecule has 1 N–H and O–H groups in total. The number of piperidine rings is 1. The maximum Gasteiger partial charge on any atom is 0.255 e. The van der Waals surface area contributed by atoms with E-state index in [1.807, 2.05) is 24.9 Å². The summed E-state index contributed by atoms with van der Waals surface area (Å²) in [7, 11) is 1.96. The number of nitrogens with one attached hydrogen (secondary N) is 1. The van der Waals surface area contributed by atoms with Gasteiger partial charge in [-0.15, -0.1) is 0 Å².